The monoisotopic (exact) mass is 504 g/mol. The first-order valence-electron chi connectivity index (χ1n) is 11.1. The van der Waals surface area contributed by atoms with Gasteiger partial charge in [-0.2, -0.15) is 5.10 Å². The molecule has 4 aromatic rings. The molecule has 0 saturated carbocycles. The molecule has 4 rings (SSSR count). The zero-order chi connectivity index (χ0) is 25.2. The molecule has 0 amide bonds. The number of benzene rings is 3. The van der Waals surface area contributed by atoms with Crippen LogP contribution in [-0.2, 0) is 13.0 Å². The average Bonchev–Trinajstić information content (AvgIpc) is 3.29. The van der Waals surface area contributed by atoms with Gasteiger partial charge >= 0.3 is 0 Å². The molecule has 180 valence electrons. The number of fused-ring (bicyclic) bond motifs is 1. The summed E-state index contributed by atoms with van der Waals surface area (Å²) in [6.07, 6.45) is 6.03. The molecule has 1 heterocycles. The Hall–Kier alpha value is -3.50. The van der Waals surface area contributed by atoms with E-state index < -0.39 is 0 Å². The topological polar surface area (TPSA) is 85.7 Å². The summed E-state index contributed by atoms with van der Waals surface area (Å²) in [5.74, 6) is 14.3. The number of nitrogens with two attached hydrogens (primary N) is 2. The van der Waals surface area contributed by atoms with E-state index in [0.29, 0.717) is 18.9 Å². The molecule has 0 fully saturated rings. The highest BCUT2D eigenvalue weighted by atomic mass is 35.5. The molecule has 1 aromatic heterocycles. The second-order valence-electron chi connectivity index (χ2n) is 7.86. The Morgan fingerprint density at radius 3 is 2.49 bits per heavy atom. The average molecular weight is 505 g/mol. The zero-order valence-electron chi connectivity index (χ0n) is 19.8. The van der Waals surface area contributed by atoms with E-state index in [4.69, 9.17) is 28.0 Å². The van der Waals surface area contributed by atoms with E-state index >= 15 is 0 Å². The summed E-state index contributed by atoms with van der Waals surface area (Å²) in [7, 11) is 0. The normalized spacial score (nSPS) is 10.9. The van der Waals surface area contributed by atoms with E-state index in [9.17, 15) is 0 Å². The number of hydrogen-bond donors (Lipinski definition) is 3. The number of rotatable bonds is 7. The molecule has 0 saturated heterocycles. The molecular weight excluding hydrogens is 476 g/mol. The molecule has 35 heavy (non-hydrogen) atoms. The van der Waals surface area contributed by atoms with Crippen LogP contribution in [0.15, 0.2) is 71.1 Å². The van der Waals surface area contributed by atoms with Crippen molar-refractivity contribution in [3.05, 3.63) is 87.8 Å². The molecule has 0 aliphatic carbocycles. The number of hydrogen-bond acceptors (Lipinski definition) is 5. The highest BCUT2D eigenvalue weighted by Gasteiger charge is 2.13. The lowest BCUT2D eigenvalue weighted by Crippen LogP contribution is -2.31. The van der Waals surface area contributed by atoms with Crippen LogP contribution in [-0.4, -0.2) is 5.84 Å². The zero-order valence-corrected chi connectivity index (χ0v) is 21.4. The molecule has 0 spiro atoms. The van der Waals surface area contributed by atoms with Gasteiger partial charge in [0.25, 0.3) is 0 Å². The minimum Gasteiger partial charge on any atom is -0.489 e. The quantitative estimate of drug-likeness (QED) is 0.0891. The summed E-state index contributed by atoms with van der Waals surface area (Å²) < 4.78 is 7.14. The first-order valence-corrected chi connectivity index (χ1v) is 12.3. The first-order chi connectivity index (χ1) is 17.0. The number of aryl methyl sites for hydroxylation is 2. The number of amidine groups is 1. The van der Waals surface area contributed by atoms with Crippen LogP contribution in [0.1, 0.15) is 30.0 Å². The second kappa shape index (κ2) is 12.8. The second-order valence-corrected chi connectivity index (χ2v) is 9.15. The summed E-state index contributed by atoms with van der Waals surface area (Å²) in [5.41, 5.74) is 8.38. The highest BCUT2D eigenvalue weighted by molar-refractivity contribution is 7.18. The molecule has 0 bridgehead atoms. The molecule has 7 heteroatoms. The smallest absolute Gasteiger partial charge is 0.136 e. The fraction of sp³-hybridized carbons (Fsp3) is 0.179. The number of terminal acetylenes is 1. The fourth-order valence-electron chi connectivity index (χ4n) is 3.67. The Bertz CT molecular complexity index is 1340. The molecule has 0 atom stereocenters. The molecular formula is C28H29ClN4OS. The van der Waals surface area contributed by atoms with Gasteiger partial charge in [0, 0.05) is 17.4 Å². The molecule has 5 nitrogen and oxygen atoms in total. The van der Waals surface area contributed by atoms with Crippen LogP contribution in [0.3, 0.4) is 0 Å². The van der Waals surface area contributed by atoms with Gasteiger partial charge in [-0.3, -0.25) is 0 Å². The predicted molar refractivity (Wildman–Crippen MR) is 150 cm³/mol. The van der Waals surface area contributed by atoms with Gasteiger partial charge in [0.05, 0.1) is 9.72 Å². The number of nitrogens with zero attached hydrogens (tertiary/aromatic N) is 1. The molecule has 0 unspecified atom stereocenters. The lowest BCUT2D eigenvalue weighted by Gasteiger charge is -2.10. The SMILES string of the molecule is C#CC.Cc1ccccc1-c1csc2c(Cl)cc(COc3ccc(CC/C(=N/N)NN)cc3)cc12. The van der Waals surface area contributed by atoms with Gasteiger partial charge in [0.15, 0.2) is 0 Å². The lowest BCUT2D eigenvalue weighted by atomic mass is 9.99. The first kappa shape index (κ1) is 26.1. The third kappa shape index (κ3) is 6.77. The van der Waals surface area contributed by atoms with Crippen LogP contribution in [0.4, 0.5) is 0 Å². The lowest BCUT2D eigenvalue weighted by molar-refractivity contribution is 0.306. The van der Waals surface area contributed by atoms with Crippen LogP contribution < -0.4 is 21.8 Å². The van der Waals surface area contributed by atoms with Crippen LogP contribution in [0.25, 0.3) is 21.2 Å². The molecule has 0 radical (unpaired) electrons. The van der Waals surface area contributed by atoms with Gasteiger partial charge < -0.3 is 16.0 Å². The molecule has 0 aliphatic heterocycles. The largest absolute Gasteiger partial charge is 0.489 e. The number of nitrogens with one attached hydrogen (secondary N) is 1. The highest BCUT2D eigenvalue weighted by Crippen LogP contribution is 2.39. The van der Waals surface area contributed by atoms with Gasteiger partial charge in [0.1, 0.15) is 18.2 Å². The van der Waals surface area contributed by atoms with Crippen molar-refractivity contribution in [2.24, 2.45) is 16.8 Å². The summed E-state index contributed by atoms with van der Waals surface area (Å²) in [6.45, 7) is 4.23. The summed E-state index contributed by atoms with van der Waals surface area (Å²) >= 11 is 8.29. The Kier molecular flexibility index (Phi) is 9.56. The molecule has 5 N–H and O–H groups in total. The fourth-order valence-corrected chi connectivity index (χ4v) is 5.01. The minimum atomic E-state index is 0.444. The summed E-state index contributed by atoms with van der Waals surface area (Å²) in [4.78, 5) is 0. The van der Waals surface area contributed by atoms with E-state index in [1.165, 1.54) is 16.7 Å². The number of halogens is 1. The third-order valence-corrected chi connectivity index (χ3v) is 6.86. The number of thiophene rings is 1. The Morgan fingerprint density at radius 1 is 1.11 bits per heavy atom. The Balaban J connectivity index is 0.00000108. The van der Waals surface area contributed by atoms with Crippen LogP contribution >= 0.6 is 22.9 Å². The van der Waals surface area contributed by atoms with E-state index in [-0.39, 0.29) is 0 Å². The third-order valence-electron chi connectivity index (χ3n) is 5.43. The number of hydrazine groups is 1. The van der Waals surface area contributed by atoms with E-state index in [1.54, 1.807) is 18.3 Å². The Labute approximate surface area is 215 Å². The van der Waals surface area contributed by atoms with E-state index in [2.05, 4.69) is 65.5 Å². The van der Waals surface area contributed by atoms with Crippen molar-refractivity contribution in [1.29, 1.82) is 0 Å². The van der Waals surface area contributed by atoms with Crippen molar-refractivity contribution < 1.29 is 4.74 Å². The Morgan fingerprint density at radius 2 is 1.83 bits per heavy atom. The van der Waals surface area contributed by atoms with Crippen LogP contribution in [0.2, 0.25) is 5.02 Å². The van der Waals surface area contributed by atoms with E-state index in [0.717, 1.165) is 38.4 Å². The van der Waals surface area contributed by atoms with Crippen LogP contribution in [0, 0.1) is 19.3 Å². The van der Waals surface area contributed by atoms with Gasteiger partial charge in [-0.05, 0) is 72.2 Å². The summed E-state index contributed by atoms with van der Waals surface area (Å²) in [6, 6.07) is 20.6. The maximum Gasteiger partial charge on any atom is 0.136 e. The van der Waals surface area contributed by atoms with Gasteiger partial charge in [-0.1, -0.05) is 48.0 Å². The maximum atomic E-state index is 6.61. The van der Waals surface area contributed by atoms with Gasteiger partial charge in [-0.15, -0.1) is 23.7 Å². The van der Waals surface area contributed by atoms with Gasteiger partial charge in [-0.25, -0.2) is 5.84 Å². The standard InChI is InChI=1S/C25H25ClN4OS.C3H4/c1-16-4-2-3-5-20(16)22-15-32-25-21(22)12-18(13-23(25)26)14-31-19-9-6-17(7-10-19)8-11-24(29-27)30-28;1-3-2/h2-7,9-10,12-13,15H,8,11,14,27-28H2,1H3,(H,29,30);1H,2H3. The minimum absolute atomic E-state index is 0.444. The number of hydrazone groups is 1. The van der Waals surface area contributed by atoms with Crippen molar-refractivity contribution in [3.63, 3.8) is 0 Å². The molecule has 3 aromatic carbocycles. The predicted octanol–water partition coefficient (Wildman–Crippen LogP) is 6.42. The maximum absolute atomic E-state index is 6.61. The van der Waals surface area contributed by atoms with Crippen molar-refractivity contribution in [2.75, 3.05) is 0 Å². The van der Waals surface area contributed by atoms with Crippen molar-refractivity contribution in [2.45, 2.75) is 33.3 Å². The van der Waals surface area contributed by atoms with Gasteiger partial charge in [0.2, 0.25) is 0 Å². The van der Waals surface area contributed by atoms with E-state index in [1.807, 2.05) is 30.3 Å². The van der Waals surface area contributed by atoms with Crippen molar-refractivity contribution >= 4 is 38.9 Å². The van der Waals surface area contributed by atoms with Crippen molar-refractivity contribution in [3.8, 4) is 29.2 Å². The number of ether oxygens (including phenoxy) is 1. The molecule has 0 aliphatic rings. The van der Waals surface area contributed by atoms with Crippen LogP contribution in [0.5, 0.6) is 5.75 Å². The summed E-state index contributed by atoms with van der Waals surface area (Å²) in [5, 5.41) is 7.71. The van der Waals surface area contributed by atoms with Crippen molar-refractivity contribution in [1.82, 2.24) is 5.43 Å².